The second-order valence-corrected chi connectivity index (χ2v) is 6.22. The summed E-state index contributed by atoms with van der Waals surface area (Å²) in [7, 11) is 1.92. The average Bonchev–Trinajstić information content (AvgIpc) is 2.30. The van der Waals surface area contributed by atoms with Gasteiger partial charge in [0, 0.05) is 19.5 Å². The number of hydrogen-bond donors (Lipinski definition) is 0. The molecule has 0 N–H and O–H groups in total. The number of unbranched alkanes of at least 4 members (excludes halogenated alkanes) is 5. The molecule has 0 aliphatic carbocycles. The van der Waals surface area contributed by atoms with Crippen LogP contribution in [0.2, 0.25) is 0 Å². The minimum Gasteiger partial charge on any atom is -0.346 e. The van der Waals surface area contributed by atoms with E-state index < -0.39 is 0 Å². The van der Waals surface area contributed by atoms with E-state index >= 15 is 0 Å². The first kappa shape index (κ1) is 17.5. The highest BCUT2D eigenvalue weighted by Crippen LogP contribution is 2.11. The summed E-state index contributed by atoms with van der Waals surface area (Å²) in [4.78, 5) is 13.5. The predicted molar refractivity (Wildman–Crippen MR) is 79.6 cm³/mol. The van der Waals surface area contributed by atoms with E-state index in [1.165, 1.54) is 38.5 Å². The number of rotatable bonds is 10. The van der Waals surface area contributed by atoms with Gasteiger partial charge in [0.25, 0.3) is 0 Å². The molecule has 0 aromatic rings. The fourth-order valence-corrected chi connectivity index (χ4v) is 2.16. The van der Waals surface area contributed by atoms with Crippen LogP contribution in [0.1, 0.15) is 72.6 Å². The zero-order chi connectivity index (χ0) is 14.0. The van der Waals surface area contributed by atoms with Crippen molar-refractivity contribution in [2.45, 2.75) is 72.6 Å². The number of hydrogen-bond acceptors (Lipinski definition) is 1. The van der Waals surface area contributed by atoms with Gasteiger partial charge in [-0.3, -0.25) is 4.79 Å². The fraction of sp³-hybridized carbons (Fsp3) is 0.938. The van der Waals surface area contributed by atoms with Crippen molar-refractivity contribution in [1.29, 1.82) is 0 Å². The summed E-state index contributed by atoms with van der Waals surface area (Å²) in [6.45, 7) is 9.44. The van der Waals surface area contributed by atoms with Gasteiger partial charge in [-0.25, -0.2) is 0 Å². The highest BCUT2D eigenvalue weighted by atomic mass is 16.2. The van der Waals surface area contributed by atoms with Crippen molar-refractivity contribution in [2.24, 2.45) is 11.8 Å². The number of nitrogens with zero attached hydrogens (tertiary/aromatic N) is 1. The van der Waals surface area contributed by atoms with E-state index in [0.29, 0.717) is 0 Å². The second-order valence-electron chi connectivity index (χ2n) is 6.22. The summed E-state index contributed by atoms with van der Waals surface area (Å²) in [5.41, 5.74) is 0. The van der Waals surface area contributed by atoms with Gasteiger partial charge in [-0.1, -0.05) is 66.2 Å². The van der Waals surface area contributed by atoms with Gasteiger partial charge in [-0.05, 0) is 12.3 Å². The lowest BCUT2D eigenvalue weighted by Crippen LogP contribution is -2.31. The molecule has 0 fully saturated rings. The molecule has 0 spiro atoms. The monoisotopic (exact) mass is 255 g/mol. The van der Waals surface area contributed by atoms with Gasteiger partial charge < -0.3 is 4.90 Å². The van der Waals surface area contributed by atoms with E-state index in [1.54, 1.807) is 0 Å². The van der Waals surface area contributed by atoms with E-state index in [-0.39, 0.29) is 11.8 Å². The maximum atomic E-state index is 11.6. The van der Waals surface area contributed by atoms with Crippen LogP contribution in [0.5, 0.6) is 0 Å². The third-order valence-electron chi connectivity index (χ3n) is 3.40. The molecule has 0 rings (SSSR count). The quantitative estimate of drug-likeness (QED) is 0.527. The second kappa shape index (κ2) is 10.4. The van der Waals surface area contributed by atoms with Crippen LogP contribution in [-0.4, -0.2) is 24.4 Å². The van der Waals surface area contributed by atoms with E-state index in [1.807, 2.05) is 25.8 Å². The summed E-state index contributed by atoms with van der Waals surface area (Å²) in [6.07, 6.45) is 9.21. The number of carbonyl (C=O) groups excluding carboxylic acids is 1. The Kier molecular flexibility index (Phi) is 10.1. The van der Waals surface area contributed by atoms with Crippen molar-refractivity contribution in [2.75, 3.05) is 13.6 Å². The summed E-state index contributed by atoms with van der Waals surface area (Å²) < 4.78 is 0. The zero-order valence-corrected chi connectivity index (χ0v) is 13.2. The molecular weight excluding hydrogens is 222 g/mol. The van der Waals surface area contributed by atoms with Crippen molar-refractivity contribution in [3.63, 3.8) is 0 Å². The lowest BCUT2D eigenvalue weighted by Gasteiger charge is -2.19. The SMILES string of the molecule is CC(C)CCCCCCCCN(C)C(=O)C(C)C. The maximum absolute atomic E-state index is 11.6. The molecule has 0 aromatic carbocycles. The fourth-order valence-electron chi connectivity index (χ4n) is 2.16. The molecule has 0 saturated heterocycles. The summed E-state index contributed by atoms with van der Waals surface area (Å²) >= 11 is 0. The largest absolute Gasteiger partial charge is 0.346 e. The molecule has 0 atom stereocenters. The third kappa shape index (κ3) is 9.49. The number of amides is 1. The molecule has 0 saturated carbocycles. The molecule has 0 aromatic heterocycles. The van der Waals surface area contributed by atoms with Crippen molar-refractivity contribution in [3.8, 4) is 0 Å². The average molecular weight is 255 g/mol. The van der Waals surface area contributed by atoms with Crippen LogP contribution >= 0.6 is 0 Å². The Bertz CT molecular complexity index is 211. The normalized spacial score (nSPS) is 11.3. The van der Waals surface area contributed by atoms with Crippen LogP contribution in [0.25, 0.3) is 0 Å². The van der Waals surface area contributed by atoms with Crippen molar-refractivity contribution in [1.82, 2.24) is 4.90 Å². The Balaban J connectivity index is 3.33. The van der Waals surface area contributed by atoms with Crippen LogP contribution in [0.3, 0.4) is 0 Å². The van der Waals surface area contributed by atoms with Crippen molar-refractivity contribution >= 4 is 5.91 Å². The van der Waals surface area contributed by atoms with Crippen molar-refractivity contribution < 1.29 is 4.79 Å². The van der Waals surface area contributed by atoms with Crippen molar-refractivity contribution in [3.05, 3.63) is 0 Å². The van der Waals surface area contributed by atoms with Gasteiger partial charge >= 0.3 is 0 Å². The van der Waals surface area contributed by atoms with Gasteiger partial charge in [-0.2, -0.15) is 0 Å². The third-order valence-corrected chi connectivity index (χ3v) is 3.40. The minimum atomic E-state index is 0.131. The van der Waals surface area contributed by atoms with Gasteiger partial charge in [0.2, 0.25) is 5.91 Å². The minimum absolute atomic E-state index is 0.131. The Morgan fingerprint density at radius 1 is 0.889 bits per heavy atom. The predicted octanol–water partition coefficient (Wildman–Crippen LogP) is 4.49. The highest BCUT2D eigenvalue weighted by Gasteiger charge is 2.11. The molecule has 2 heteroatoms. The molecule has 0 unspecified atom stereocenters. The molecule has 0 radical (unpaired) electrons. The van der Waals surface area contributed by atoms with Crippen LogP contribution in [0.15, 0.2) is 0 Å². The zero-order valence-electron chi connectivity index (χ0n) is 13.2. The first-order valence-corrected chi connectivity index (χ1v) is 7.70. The van der Waals surface area contributed by atoms with Gasteiger partial charge in [-0.15, -0.1) is 0 Å². The molecule has 1 amide bonds. The van der Waals surface area contributed by atoms with Crippen LogP contribution in [0.4, 0.5) is 0 Å². The summed E-state index contributed by atoms with van der Waals surface area (Å²) in [5, 5.41) is 0. The standard InChI is InChI=1S/C16H33NO/c1-14(2)12-10-8-6-7-9-11-13-17(5)16(18)15(3)4/h14-15H,6-13H2,1-5H3. The molecule has 0 aliphatic rings. The molecule has 2 nitrogen and oxygen atoms in total. The molecular formula is C16H33NO. The lowest BCUT2D eigenvalue weighted by molar-refractivity contribution is -0.133. The van der Waals surface area contributed by atoms with E-state index in [9.17, 15) is 4.79 Å². The van der Waals surface area contributed by atoms with E-state index in [4.69, 9.17) is 0 Å². The summed E-state index contributed by atoms with van der Waals surface area (Å²) in [6, 6.07) is 0. The van der Waals surface area contributed by atoms with E-state index in [2.05, 4.69) is 13.8 Å². The van der Waals surface area contributed by atoms with Gasteiger partial charge in [0.05, 0.1) is 0 Å². The molecule has 0 heterocycles. The molecule has 18 heavy (non-hydrogen) atoms. The number of carbonyl (C=O) groups is 1. The maximum Gasteiger partial charge on any atom is 0.224 e. The molecule has 108 valence electrons. The Labute approximate surface area is 114 Å². The van der Waals surface area contributed by atoms with Gasteiger partial charge in [0.1, 0.15) is 0 Å². The Morgan fingerprint density at radius 3 is 1.89 bits per heavy atom. The van der Waals surface area contributed by atoms with Crippen LogP contribution < -0.4 is 0 Å². The first-order chi connectivity index (χ1) is 8.45. The lowest BCUT2D eigenvalue weighted by atomic mass is 10.0. The molecule has 0 bridgehead atoms. The van der Waals surface area contributed by atoms with Crippen LogP contribution in [0, 0.1) is 11.8 Å². The Hall–Kier alpha value is -0.530. The summed E-state index contributed by atoms with van der Waals surface area (Å²) in [5.74, 6) is 1.25. The topological polar surface area (TPSA) is 20.3 Å². The Morgan fingerprint density at radius 2 is 1.39 bits per heavy atom. The highest BCUT2D eigenvalue weighted by molar-refractivity contribution is 5.77. The first-order valence-electron chi connectivity index (χ1n) is 7.70. The van der Waals surface area contributed by atoms with Gasteiger partial charge in [0.15, 0.2) is 0 Å². The van der Waals surface area contributed by atoms with E-state index in [0.717, 1.165) is 18.9 Å². The molecule has 0 aliphatic heterocycles. The smallest absolute Gasteiger partial charge is 0.224 e. The van der Waals surface area contributed by atoms with Crippen LogP contribution in [-0.2, 0) is 4.79 Å².